The first kappa shape index (κ1) is 19.1. The van der Waals surface area contributed by atoms with Crippen molar-refractivity contribution in [3.8, 4) is 11.1 Å². The Morgan fingerprint density at radius 3 is 2.83 bits per heavy atom. The molecule has 7 nitrogen and oxygen atoms in total. The molecule has 0 saturated carbocycles. The van der Waals surface area contributed by atoms with Gasteiger partial charge in [-0.3, -0.25) is 0 Å². The minimum Gasteiger partial charge on any atom is -0.392 e. The van der Waals surface area contributed by atoms with Gasteiger partial charge in [-0.25, -0.2) is 19.9 Å². The monoisotopic (exact) mass is 441 g/mol. The zero-order valence-electron chi connectivity index (χ0n) is 15.8. The van der Waals surface area contributed by atoms with Gasteiger partial charge in [-0.2, -0.15) is 0 Å². The van der Waals surface area contributed by atoms with E-state index in [1.165, 1.54) is 0 Å². The van der Waals surface area contributed by atoms with Gasteiger partial charge in [0.05, 0.1) is 26.9 Å². The van der Waals surface area contributed by atoms with Gasteiger partial charge in [-0.15, -0.1) is 5.10 Å². The molecular weight excluding hydrogens is 425 g/mol. The van der Waals surface area contributed by atoms with E-state index in [9.17, 15) is 4.79 Å². The maximum absolute atomic E-state index is 11.4. The van der Waals surface area contributed by atoms with Crippen LogP contribution in [-0.2, 0) is 0 Å². The van der Waals surface area contributed by atoms with E-state index in [1.807, 2.05) is 30.3 Å². The molecule has 0 amide bonds. The average molecular weight is 442 g/mol. The molecule has 0 bridgehead atoms. The summed E-state index contributed by atoms with van der Waals surface area (Å²) in [5.74, 6) is 0.758. The fourth-order valence-electron chi connectivity index (χ4n) is 4.02. The SMILES string of the molecule is O=c1[nH]nc(C2CCCN(c3ncnc4cccc(-c5ccc(Cl)c(Cl)c5)c34)C2)o1. The Bertz CT molecular complexity index is 1280. The van der Waals surface area contributed by atoms with Crippen molar-refractivity contribution >= 4 is 39.9 Å². The lowest BCUT2D eigenvalue weighted by molar-refractivity contribution is 0.384. The van der Waals surface area contributed by atoms with Crippen LogP contribution < -0.4 is 10.7 Å². The van der Waals surface area contributed by atoms with Crippen molar-refractivity contribution in [2.75, 3.05) is 18.0 Å². The Balaban J connectivity index is 1.60. The average Bonchev–Trinajstić information content (AvgIpc) is 3.21. The second-order valence-corrected chi connectivity index (χ2v) is 8.08. The largest absolute Gasteiger partial charge is 0.434 e. The summed E-state index contributed by atoms with van der Waals surface area (Å²) >= 11 is 12.4. The Morgan fingerprint density at radius 1 is 1.13 bits per heavy atom. The highest BCUT2D eigenvalue weighted by Gasteiger charge is 2.27. The van der Waals surface area contributed by atoms with Crippen LogP contribution in [0.4, 0.5) is 5.82 Å². The molecular formula is C21H17Cl2N5O2. The topological polar surface area (TPSA) is 87.9 Å². The van der Waals surface area contributed by atoms with Crippen LogP contribution in [0, 0.1) is 0 Å². The van der Waals surface area contributed by atoms with Crippen molar-refractivity contribution in [3.63, 3.8) is 0 Å². The normalized spacial score (nSPS) is 16.9. The number of nitrogens with one attached hydrogen (secondary N) is 1. The predicted molar refractivity (Wildman–Crippen MR) is 116 cm³/mol. The zero-order valence-corrected chi connectivity index (χ0v) is 17.3. The molecule has 30 heavy (non-hydrogen) atoms. The number of benzene rings is 2. The van der Waals surface area contributed by atoms with Gasteiger partial charge >= 0.3 is 5.76 Å². The molecule has 2 aromatic heterocycles. The lowest BCUT2D eigenvalue weighted by Gasteiger charge is -2.32. The second-order valence-electron chi connectivity index (χ2n) is 7.26. The van der Waals surface area contributed by atoms with Crippen LogP contribution in [0.1, 0.15) is 24.7 Å². The van der Waals surface area contributed by atoms with Crippen molar-refractivity contribution in [3.05, 3.63) is 69.2 Å². The van der Waals surface area contributed by atoms with Crippen molar-refractivity contribution in [2.45, 2.75) is 18.8 Å². The molecule has 152 valence electrons. The highest BCUT2D eigenvalue weighted by atomic mass is 35.5. The van der Waals surface area contributed by atoms with E-state index >= 15 is 0 Å². The number of fused-ring (bicyclic) bond motifs is 1. The first-order valence-electron chi connectivity index (χ1n) is 9.59. The van der Waals surface area contributed by atoms with Gasteiger partial charge in [-0.1, -0.05) is 41.4 Å². The zero-order chi connectivity index (χ0) is 20.7. The number of aromatic nitrogens is 4. The summed E-state index contributed by atoms with van der Waals surface area (Å²) in [6.45, 7) is 1.49. The highest BCUT2D eigenvalue weighted by Crippen LogP contribution is 2.38. The Morgan fingerprint density at radius 2 is 2.03 bits per heavy atom. The third-order valence-electron chi connectivity index (χ3n) is 5.40. The minimum atomic E-state index is -0.531. The standard InChI is InChI=1S/C21H17Cl2N5O2/c22-15-7-6-12(9-16(15)23)14-4-1-5-17-18(14)19(25-11-24-17)28-8-2-3-13(10-28)20-26-27-21(29)30-20/h1,4-7,9,11,13H,2-3,8,10H2,(H,27,29). The summed E-state index contributed by atoms with van der Waals surface area (Å²) in [5, 5.41) is 8.33. The van der Waals surface area contributed by atoms with Crippen LogP contribution in [-0.4, -0.2) is 33.3 Å². The molecule has 3 heterocycles. The molecule has 0 aliphatic carbocycles. The van der Waals surface area contributed by atoms with E-state index in [1.54, 1.807) is 12.4 Å². The van der Waals surface area contributed by atoms with Gasteiger partial charge in [0.1, 0.15) is 12.1 Å². The number of rotatable bonds is 3. The number of halogens is 2. The van der Waals surface area contributed by atoms with Crippen molar-refractivity contribution in [2.24, 2.45) is 0 Å². The van der Waals surface area contributed by atoms with Gasteiger partial charge in [0.25, 0.3) is 0 Å². The van der Waals surface area contributed by atoms with Crippen LogP contribution in [0.25, 0.3) is 22.0 Å². The summed E-state index contributed by atoms with van der Waals surface area (Å²) in [4.78, 5) is 22.7. The van der Waals surface area contributed by atoms with Crippen molar-refractivity contribution in [1.29, 1.82) is 0 Å². The smallest absolute Gasteiger partial charge is 0.392 e. The third-order valence-corrected chi connectivity index (χ3v) is 6.14. The first-order chi connectivity index (χ1) is 14.6. The summed E-state index contributed by atoms with van der Waals surface area (Å²) < 4.78 is 5.20. The second kappa shape index (κ2) is 7.74. The molecule has 1 aliphatic heterocycles. The molecule has 2 aromatic carbocycles. The molecule has 1 saturated heterocycles. The van der Waals surface area contributed by atoms with Gasteiger partial charge in [0.15, 0.2) is 0 Å². The Labute approximate surface area is 181 Å². The van der Waals surface area contributed by atoms with Crippen LogP contribution in [0.2, 0.25) is 10.0 Å². The number of hydrogen-bond acceptors (Lipinski definition) is 6. The van der Waals surface area contributed by atoms with E-state index in [4.69, 9.17) is 27.6 Å². The summed E-state index contributed by atoms with van der Waals surface area (Å²) in [6.07, 6.45) is 3.41. The van der Waals surface area contributed by atoms with E-state index in [2.05, 4.69) is 25.1 Å². The van der Waals surface area contributed by atoms with E-state index in [0.717, 1.165) is 47.2 Å². The van der Waals surface area contributed by atoms with Gasteiger partial charge in [-0.05, 0) is 42.2 Å². The highest BCUT2D eigenvalue weighted by molar-refractivity contribution is 6.42. The third kappa shape index (κ3) is 3.44. The van der Waals surface area contributed by atoms with Gasteiger partial charge in [0, 0.05) is 13.1 Å². The molecule has 1 unspecified atom stereocenters. The van der Waals surface area contributed by atoms with Crippen molar-refractivity contribution in [1.82, 2.24) is 20.2 Å². The fourth-order valence-corrected chi connectivity index (χ4v) is 4.32. The van der Waals surface area contributed by atoms with Crippen LogP contribution in [0.3, 0.4) is 0 Å². The molecule has 1 atom stereocenters. The number of hydrogen-bond donors (Lipinski definition) is 1. The maximum Gasteiger partial charge on any atom is 0.434 e. The van der Waals surface area contributed by atoms with E-state index < -0.39 is 5.76 Å². The lowest BCUT2D eigenvalue weighted by atomic mass is 9.96. The summed E-state index contributed by atoms with van der Waals surface area (Å²) in [6, 6.07) is 11.6. The molecule has 0 spiro atoms. The van der Waals surface area contributed by atoms with Gasteiger partial charge in [0.2, 0.25) is 5.89 Å². The van der Waals surface area contributed by atoms with E-state index in [0.29, 0.717) is 22.5 Å². The molecule has 9 heteroatoms. The van der Waals surface area contributed by atoms with Crippen molar-refractivity contribution < 1.29 is 4.42 Å². The summed E-state index contributed by atoms with van der Waals surface area (Å²) in [5.41, 5.74) is 2.77. The number of nitrogens with zero attached hydrogens (tertiary/aromatic N) is 4. The Kier molecular flexibility index (Phi) is 4.92. The number of aromatic amines is 1. The molecule has 1 N–H and O–H groups in total. The minimum absolute atomic E-state index is 0.0138. The van der Waals surface area contributed by atoms with Crippen LogP contribution in [0.15, 0.2) is 51.9 Å². The fraction of sp³-hybridized carbons (Fsp3) is 0.238. The number of H-pyrrole nitrogens is 1. The number of anilines is 1. The quantitative estimate of drug-likeness (QED) is 0.497. The predicted octanol–water partition coefficient (Wildman–Crippen LogP) is 4.66. The molecule has 4 aromatic rings. The van der Waals surface area contributed by atoms with Crippen LogP contribution in [0.5, 0.6) is 0 Å². The lowest BCUT2D eigenvalue weighted by Crippen LogP contribution is -2.35. The maximum atomic E-state index is 11.4. The summed E-state index contributed by atoms with van der Waals surface area (Å²) in [7, 11) is 0. The number of piperidine rings is 1. The van der Waals surface area contributed by atoms with Crippen LogP contribution >= 0.6 is 23.2 Å². The molecule has 0 radical (unpaired) electrons. The molecule has 1 aliphatic rings. The van der Waals surface area contributed by atoms with E-state index in [-0.39, 0.29) is 5.92 Å². The molecule has 5 rings (SSSR count). The molecule has 1 fully saturated rings. The van der Waals surface area contributed by atoms with Gasteiger partial charge < -0.3 is 9.32 Å². The first-order valence-corrected chi connectivity index (χ1v) is 10.4. The Hall–Kier alpha value is -2.90.